The predicted octanol–water partition coefficient (Wildman–Crippen LogP) is 4.64. The predicted molar refractivity (Wildman–Crippen MR) is 106 cm³/mol. The number of ether oxygens (including phenoxy) is 1. The molecule has 28 heavy (non-hydrogen) atoms. The van der Waals surface area contributed by atoms with E-state index >= 15 is 0 Å². The van der Waals surface area contributed by atoms with Gasteiger partial charge in [-0.1, -0.05) is 31.2 Å². The first-order chi connectivity index (χ1) is 13.5. The molecule has 1 atom stereocenters. The van der Waals surface area contributed by atoms with Gasteiger partial charge in [-0.15, -0.1) is 0 Å². The van der Waals surface area contributed by atoms with E-state index in [0.29, 0.717) is 13.2 Å². The molecule has 0 aliphatic carbocycles. The summed E-state index contributed by atoms with van der Waals surface area (Å²) in [6, 6.07) is 11.7. The van der Waals surface area contributed by atoms with Gasteiger partial charge in [-0.05, 0) is 31.0 Å². The van der Waals surface area contributed by atoms with Crippen LogP contribution in [-0.2, 0) is 11.3 Å². The van der Waals surface area contributed by atoms with E-state index in [0.717, 1.165) is 34.9 Å². The zero-order chi connectivity index (χ0) is 20.1. The van der Waals surface area contributed by atoms with Crippen LogP contribution in [0.2, 0.25) is 0 Å². The average molecular weight is 385 g/mol. The molecule has 0 spiro atoms. The Kier molecular flexibility index (Phi) is 6.54. The molecule has 4 nitrogen and oxygen atoms in total. The summed E-state index contributed by atoms with van der Waals surface area (Å²) in [7, 11) is 1.68. The van der Waals surface area contributed by atoms with Crippen LogP contribution < -0.4 is 5.32 Å². The highest BCUT2D eigenvalue weighted by atomic mass is 19.1. The third-order valence-corrected chi connectivity index (χ3v) is 4.79. The summed E-state index contributed by atoms with van der Waals surface area (Å²) in [4.78, 5) is 0. The molecule has 3 aromatic rings. The van der Waals surface area contributed by atoms with E-state index in [4.69, 9.17) is 4.74 Å². The zero-order valence-corrected chi connectivity index (χ0v) is 16.4. The second-order valence-corrected chi connectivity index (χ2v) is 6.80. The molecule has 3 rings (SSSR count). The van der Waals surface area contributed by atoms with E-state index in [-0.39, 0.29) is 11.7 Å². The Morgan fingerprint density at radius 3 is 2.64 bits per heavy atom. The van der Waals surface area contributed by atoms with Crippen LogP contribution in [0.4, 0.5) is 8.78 Å². The second kappa shape index (κ2) is 9.08. The first-order valence-electron chi connectivity index (χ1n) is 9.35. The molecular weight excluding hydrogens is 360 g/mol. The van der Waals surface area contributed by atoms with Gasteiger partial charge in [-0.2, -0.15) is 5.10 Å². The van der Waals surface area contributed by atoms with Crippen molar-refractivity contribution < 1.29 is 13.5 Å². The number of rotatable bonds is 8. The molecule has 0 radical (unpaired) electrons. The summed E-state index contributed by atoms with van der Waals surface area (Å²) in [5.74, 6) is -1.26. The van der Waals surface area contributed by atoms with Crippen molar-refractivity contribution >= 4 is 0 Å². The molecule has 1 N–H and O–H groups in total. The monoisotopic (exact) mass is 385 g/mol. The summed E-state index contributed by atoms with van der Waals surface area (Å²) >= 11 is 0. The molecule has 0 saturated heterocycles. The number of aryl methyl sites for hydroxylation is 1. The molecule has 0 bridgehead atoms. The van der Waals surface area contributed by atoms with E-state index in [2.05, 4.69) is 17.3 Å². The van der Waals surface area contributed by atoms with Crippen LogP contribution in [0.5, 0.6) is 0 Å². The summed E-state index contributed by atoms with van der Waals surface area (Å²) in [6.45, 7) is 5.28. The second-order valence-electron chi connectivity index (χ2n) is 6.80. The highest BCUT2D eigenvalue weighted by Gasteiger charge is 2.17. The van der Waals surface area contributed by atoms with Gasteiger partial charge < -0.3 is 10.1 Å². The Hall–Kier alpha value is -2.57. The first kappa shape index (κ1) is 20.2. The van der Waals surface area contributed by atoms with Crippen LogP contribution in [-0.4, -0.2) is 29.5 Å². The number of nitrogens with zero attached hydrogens (tertiary/aromatic N) is 2. The Bertz CT molecular complexity index is 939. The lowest BCUT2D eigenvalue weighted by atomic mass is 10.0. The third-order valence-electron chi connectivity index (χ3n) is 4.79. The number of hydrogen-bond donors (Lipinski definition) is 1. The van der Waals surface area contributed by atoms with Crippen molar-refractivity contribution in [2.45, 2.75) is 32.9 Å². The van der Waals surface area contributed by atoms with Crippen molar-refractivity contribution in [2.24, 2.45) is 0 Å². The number of aromatic nitrogens is 2. The molecule has 0 fully saturated rings. The third kappa shape index (κ3) is 4.46. The average Bonchev–Trinajstić information content (AvgIpc) is 3.09. The molecule has 1 aromatic heterocycles. The molecule has 0 amide bonds. The molecule has 2 aromatic carbocycles. The maximum atomic E-state index is 14.3. The van der Waals surface area contributed by atoms with Gasteiger partial charge in [0.2, 0.25) is 0 Å². The van der Waals surface area contributed by atoms with Crippen LogP contribution in [0.1, 0.15) is 24.5 Å². The van der Waals surface area contributed by atoms with Gasteiger partial charge in [0.25, 0.3) is 0 Å². The minimum Gasteiger partial charge on any atom is -0.383 e. The molecule has 0 unspecified atom stereocenters. The Balaban J connectivity index is 2.01. The molecule has 1 heterocycles. The fourth-order valence-corrected chi connectivity index (χ4v) is 3.17. The number of halogens is 2. The van der Waals surface area contributed by atoms with E-state index < -0.39 is 11.6 Å². The van der Waals surface area contributed by atoms with Crippen molar-refractivity contribution in [3.8, 4) is 16.9 Å². The van der Waals surface area contributed by atoms with Crippen LogP contribution in [0.3, 0.4) is 0 Å². The zero-order valence-electron chi connectivity index (χ0n) is 16.4. The summed E-state index contributed by atoms with van der Waals surface area (Å²) in [6.07, 6.45) is 2.72. The highest BCUT2D eigenvalue weighted by molar-refractivity contribution is 5.66. The van der Waals surface area contributed by atoms with Crippen molar-refractivity contribution in [2.75, 3.05) is 13.7 Å². The Labute approximate surface area is 164 Å². The van der Waals surface area contributed by atoms with Crippen molar-refractivity contribution in [3.63, 3.8) is 0 Å². The molecule has 148 valence electrons. The topological polar surface area (TPSA) is 39.1 Å². The SMILES string of the molecule is CC[C@@H](COC)NCc1cn(-c2ccc(F)cc2F)nc1-c1ccccc1C. The maximum absolute atomic E-state index is 14.3. The summed E-state index contributed by atoms with van der Waals surface area (Å²) < 4.78 is 34.3. The first-order valence-corrected chi connectivity index (χ1v) is 9.35. The van der Waals surface area contributed by atoms with Gasteiger partial charge in [0.1, 0.15) is 11.5 Å². The number of hydrogen-bond acceptors (Lipinski definition) is 3. The van der Waals surface area contributed by atoms with Crippen LogP contribution >= 0.6 is 0 Å². The van der Waals surface area contributed by atoms with Gasteiger partial charge >= 0.3 is 0 Å². The van der Waals surface area contributed by atoms with Crippen LogP contribution in [0, 0.1) is 18.6 Å². The smallest absolute Gasteiger partial charge is 0.151 e. The maximum Gasteiger partial charge on any atom is 0.151 e. The van der Waals surface area contributed by atoms with Gasteiger partial charge in [-0.3, -0.25) is 0 Å². The lowest BCUT2D eigenvalue weighted by molar-refractivity contribution is 0.164. The normalized spacial score (nSPS) is 12.3. The van der Waals surface area contributed by atoms with Gasteiger partial charge in [0.15, 0.2) is 5.82 Å². The highest BCUT2D eigenvalue weighted by Crippen LogP contribution is 2.27. The lowest BCUT2D eigenvalue weighted by Crippen LogP contribution is -2.32. The number of benzene rings is 2. The van der Waals surface area contributed by atoms with E-state index in [1.54, 1.807) is 13.3 Å². The fourth-order valence-electron chi connectivity index (χ4n) is 3.17. The van der Waals surface area contributed by atoms with Gasteiger partial charge in [0, 0.05) is 43.1 Å². The van der Waals surface area contributed by atoms with Crippen molar-refractivity contribution in [1.29, 1.82) is 0 Å². The summed E-state index contributed by atoms with van der Waals surface area (Å²) in [5, 5.41) is 8.11. The largest absolute Gasteiger partial charge is 0.383 e. The molecular formula is C22H25F2N3O. The lowest BCUT2D eigenvalue weighted by Gasteiger charge is -2.16. The number of nitrogens with one attached hydrogen (secondary N) is 1. The molecule has 0 aliphatic rings. The van der Waals surface area contributed by atoms with Gasteiger partial charge in [-0.25, -0.2) is 13.5 Å². The van der Waals surface area contributed by atoms with Crippen molar-refractivity contribution in [1.82, 2.24) is 15.1 Å². The minimum absolute atomic E-state index is 0.209. The fraction of sp³-hybridized carbons (Fsp3) is 0.318. The van der Waals surface area contributed by atoms with Crippen LogP contribution in [0.25, 0.3) is 16.9 Å². The van der Waals surface area contributed by atoms with Gasteiger partial charge in [0.05, 0.1) is 12.3 Å². The summed E-state index contributed by atoms with van der Waals surface area (Å²) in [5.41, 5.74) is 4.00. The minimum atomic E-state index is -0.649. The quantitative estimate of drug-likeness (QED) is 0.614. The Morgan fingerprint density at radius 1 is 1.18 bits per heavy atom. The molecule has 6 heteroatoms. The molecule has 0 aliphatic heterocycles. The molecule has 0 saturated carbocycles. The Morgan fingerprint density at radius 2 is 1.96 bits per heavy atom. The van der Waals surface area contributed by atoms with Crippen molar-refractivity contribution in [3.05, 3.63) is 71.4 Å². The van der Waals surface area contributed by atoms with E-state index in [1.165, 1.54) is 16.8 Å². The van der Waals surface area contributed by atoms with Crippen LogP contribution in [0.15, 0.2) is 48.7 Å². The van der Waals surface area contributed by atoms with E-state index in [9.17, 15) is 8.78 Å². The van der Waals surface area contributed by atoms with E-state index in [1.807, 2.05) is 31.2 Å². The standard InChI is InChI=1S/C22H25F2N3O/c1-4-18(14-28-3)25-12-16-13-27(21-10-9-17(23)11-20(21)24)26-22(16)19-8-6-5-7-15(19)2/h5-11,13,18,25H,4,12,14H2,1-3H3/t18-/m0/s1. The number of methoxy groups -OCH3 is 1.